The lowest BCUT2D eigenvalue weighted by molar-refractivity contribution is 0.0330. The smallest absolute Gasteiger partial charge is 0.235 e. The number of nitrogens with zero attached hydrogens (tertiary/aromatic N) is 5. The number of benzene rings is 1. The van der Waals surface area contributed by atoms with Gasteiger partial charge in [0.05, 0.1) is 19.8 Å². The third-order valence-electron chi connectivity index (χ3n) is 4.28. The van der Waals surface area contributed by atoms with Crippen molar-refractivity contribution in [3.8, 4) is 0 Å². The molecule has 1 aromatic carbocycles. The van der Waals surface area contributed by atoms with Crippen LogP contribution in [0.2, 0.25) is 0 Å². The minimum atomic E-state index is 0.280. The molecule has 3 heterocycles. The summed E-state index contributed by atoms with van der Waals surface area (Å²) in [5.74, 6) is 1.65. The number of morpholine rings is 1. The molecule has 2 aliphatic rings. The van der Waals surface area contributed by atoms with Crippen LogP contribution in [-0.2, 0) is 17.7 Å². The summed E-state index contributed by atoms with van der Waals surface area (Å²) in [4.78, 5) is 17.7. The van der Waals surface area contributed by atoms with Crippen LogP contribution < -0.4 is 10.6 Å². The van der Waals surface area contributed by atoms with Gasteiger partial charge in [0.25, 0.3) is 0 Å². The molecule has 1 aromatic heterocycles. The number of nitrogen functional groups attached to an aromatic ring is 1. The number of hydrogen-bond donors (Lipinski definition) is 1. The van der Waals surface area contributed by atoms with Crippen LogP contribution in [0.4, 0.5) is 17.6 Å². The maximum atomic E-state index is 5.92. The van der Waals surface area contributed by atoms with E-state index in [-0.39, 0.29) is 5.95 Å². The van der Waals surface area contributed by atoms with Crippen molar-refractivity contribution < 1.29 is 4.74 Å². The van der Waals surface area contributed by atoms with E-state index in [2.05, 4.69) is 43.0 Å². The molecule has 0 saturated carbocycles. The third-order valence-corrected chi connectivity index (χ3v) is 4.28. The van der Waals surface area contributed by atoms with Gasteiger partial charge < -0.3 is 15.4 Å². The van der Waals surface area contributed by atoms with Gasteiger partial charge >= 0.3 is 0 Å². The number of hydrogen-bond acceptors (Lipinski definition) is 7. The van der Waals surface area contributed by atoms with E-state index in [1.165, 1.54) is 5.56 Å². The Morgan fingerprint density at radius 1 is 1.04 bits per heavy atom. The van der Waals surface area contributed by atoms with E-state index >= 15 is 0 Å². The molecule has 2 aromatic rings. The highest BCUT2D eigenvalue weighted by molar-refractivity contribution is 5.65. The second-order valence-electron chi connectivity index (χ2n) is 5.83. The fraction of sp³-hybridized carbons (Fsp3) is 0.438. The van der Waals surface area contributed by atoms with Crippen molar-refractivity contribution in [3.63, 3.8) is 0 Å². The molecule has 0 aliphatic carbocycles. The largest absolute Gasteiger partial charge is 0.379 e. The van der Waals surface area contributed by atoms with Gasteiger partial charge in [-0.2, -0.15) is 15.0 Å². The summed E-state index contributed by atoms with van der Waals surface area (Å²) in [5.41, 5.74) is 8.40. The summed E-state index contributed by atoms with van der Waals surface area (Å²) in [6, 6.07) is 8.35. The van der Waals surface area contributed by atoms with Crippen molar-refractivity contribution >= 4 is 17.6 Å². The van der Waals surface area contributed by atoms with Crippen molar-refractivity contribution in [2.24, 2.45) is 0 Å². The predicted octanol–water partition coefficient (Wildman–Crippen LogP) is 0.980. The third kappa shape index (κ3) is 2.97. The number of aromatic nitrogens is 3. The molecule has 0 atom stereocenters. The number of rotatable bonds is 3. The maximum Gasteiger partial charge on any atom is 0.235 e. The quantitative estimate of drug-likeness (QED) is 0.905. The predicted molar refractivity (Wildman–Crippen MR) is 87.5 cm³/mol. The van der Waals surface area contributed by atoms with Gasteiger partial charge in [0.15, 0.2) is 0 Å². The minimum absolute atomic E-state index is 0.280. The monoisotopic (exact) mass is 312 g/mol. The van der Waals surface area contributed by atoms with Crippen LogP contribution in [0.15, 0.2) is 24.3 Å². The highest BCUT2D eigenvalue weighted by Gasteiger charge is 2.23. The van der Waals surface area contributed by atoms with Crippen LogP contribution >= 0.6 is 0 Å². The average molecular weight is 312 g/mol. The van der Waals surface area contributed by atoms with Gasteiger partial charge in [-0.15, -0.1) is 0 Å². The molecule has 120 valence electrons. The normalized spacial score (nSPS) is 18.2. The molecule has 0 radical (unpaired) electrons. The molecule has 1 fully saturated rings. The van der Waals surface area contributed by atoms with Crippen LogP contribution in [-0.4, -0.2) is 52.7 Å². The van der Waals surface area contributed by atoms with Crippen molar-refractivity contribution in [1.82, 2.24) is 19.9 Å². The molecule has 1 saturated heterocycles. The zero-order valence-electron chi connectivity index (χ0n) is 13.0. The molecule has 0 spiro atoms. The van der Waals surface area contributed by atoms with Gasteiger partial charge in [0.2, 0.25) is 11.9 Å². The Morgan fingerprint density at radius 3 is 2.74 bits per heavy atom. The topological polar surface area (TPSA) is 80.4 Å². The average Bonchev–Trinajstić information content (AvgIpc) is 2.99. The number of para-hydroxylation sites is 1. The first kappa shape index (κ1) is 14.3. The van der Waals surface area contributed by atoms with Gasteiger partial charge in [-0.25, -0.2) is 0 Å². The zero-order valence-corrected chi connectivity index (χ0v) is 13.0. The van der Waals surface area contributed by atoms with Crippen LogP contribution in [0, 0.1) is 0 Å². The SMILES string of the molecule is Nc1nc(CN2CCOCC2)nc(N2CCc3ccccc32)n1. The maximum absolute atomic E-state index is 5.92. The second-order valence-corrected chi connectivity index (χ2v) is 5.83. The first-order valence-electron chi connectivity index (χ1n) is 7.95. The van der Waals surface area contributed by atoms with Crippen LogP contribution in [0.1, 0.15) is 11.4 Å². The van der Waals surface area contributed by atoms with Gasteiger partial charge in [-0.3, -0.25) is 4.90 Å². The Morgan fingerprint density at radius 2 is 1.87 bits per heavy atom. The summed E-state index contributed by atoms with van der Waals surface area (Å²) in [7, 11) is 0. The first-order valence-corrected chi connectivity index (χ1v) is 7.95. The number of anilines is 3. The molecule has 0 bridgehead atoms. The highest BCUT2D eigenvalue weighted by atomic mass is 16.5. The lowest BCUT2D eigenvalue weighted by Crippen LogP contribution is -2.36. The van der Waals surface area contributed by atoms with E-state index in [0.29, 0.717) is 12.5 Å². The molecule has 2 aliphatic heterocycles. The van der Waals surface area contributed by atoms with Gasteiger partial charge in [-0.1, -0.05) is 18.2 Å². The van der Waals surface area contributed by atoms with E-state index in [1.807, 2.05) is 6.07 Å². The Kier molecular flexibility index (Phi) is 3.80. The van der Waals surface area contributed by atoms with Crippen LogP contribution in [0.25, 0.3) is 0 Å². The summed E-state index contributed by atoms with van der Waals surface area (Å²) in [6.45, 7) is 4.86. The zero-order chi connectivity index (χ0) is 15.6. The molecular weight excluding hydrogens is 292 g/mol. The standard InChI is InChI=1S/C16H20N6O/c17-15-18-14(11-21-7-9-23-10-8-21)19-16(20-15)22-6-5-12-3-1-2-4-13(12)22/h1-4H,5-11H2,(H2,17,18,19,20). The highest BCUT2D eigenvalue weighted by Crippen LogP contribution is 2.32. The lowest BCUT2D eigenvalue weighted by Gasteiger charge is -2.26. The minimum Gasteiger partial charge on any atom is -0.379 e. The molecule has 4 rings (SSSR count). The van der Waals surface area contributed by atoms with E-state index in [9.17, 15) is 0 Å². The van der Waals surface area contributed by atoms with E-state index < -0.39 is 0 Å². The number of fused-ring (bicyclic) bond motifs is 1. The van der Waals surface area contributed by atoms with Gasteiger partial charge in [-0.05, 0) is 18.1 Å². The first-order chi connectivity index (χ1) is 11.3. The molecular formula is C16H20N6O. The van der Waals surface area contributed by atoms with Crippen LogP contribution in [0.5, 0.6) is 0 Å². The second kappa shape index (κ2) is 6.10. The van der Waals surface area contributed by atoms with Crippen molar-refractivity contribution in [2.45, 2.75) is 13.0 Å². The summed E-state index contributed by atoms with van der Waals surface area (Å²) in [5, 5.41) is 0. The Labute approximate surface area is 135 Å². The van der Waals surface area contributed by atoms with E-state index in [1.54, 1.807) is 0 Å². The summed E-state index contributed by atoms with van der Waals surface area (Å²) >= 11 is 0. The summed E-state index contributed by atoms with van der Waals surface area (Å²) < 4.78 is 5.38. The van der Waals surface area contributed by atoms with Crippen molar-refractivity contribution in [2.75, 3.05) is 43.5 Å². The van der Waals surface area contributed by atoms with Crippen molar-refractivity contribution in [3.05, 3.63) is 35.7 Å². The van der Waals surface area contributed by atoms with Crippen LogP contribution in [0.3, 0.4) is 0 Å². The molecule has 7 nitrogen and oxygen atoms in total. The Balaban J connectivity index is 1.60. The molecule has 0 unspecified atom stereocenters. The molecule has 7 heteroatoms. The van der Waals surface area contributed by atoms with Gasteiger partial charge in [0, 0.05) is 25.3 Å². The van der Waals surface area contributed by atoms with E-state index in [0.717, 1.165) is 50.8 Å². The molecule has 23 heavy (non-hydrogen) atoms. The fourth-order valence-electron chi connectivity index (χ4n) is 3.12. The number of nitrogens with two attached hydrogens (primary N) is 1. The Bertz CT molecular complexity index is 701. The fourth-order valence-corrected chi connectivity index (χ4v) is 3.12. The summed E-state index contributed by atoms with van der Waals surface area (Å²) in [6.07, 6.45) is 1.00. The molecule has 0 amide bonds. The van der Waals surface area contributed by atoms with Crippen molar-refractivity contribution in [1.29, 1.82) is 0 Å². The Hall–Kier alpha value is -2.25. The van der Waals surface area contributed by atoms with Gasteiger partial charge in [0.1, 0.15) is 5.82 Å². The van der Waals surface area contributed by atoms with E-state index in [4.69, 9.17) is 10.5 Å². The number of ether oxygens (including phenoxy) is 1. The lowest BCUT2D eigenvalue weighted by atomic mass is 10.2. The molecule has 2 N–H and O–H groups in total.